The summed E-state index contributed by atoms with van der Waals surface area (Å²) in [6.45, 7) is 5.34. The van der Waals surface area contributed by atoms with Crippen molar-refractivity contribution in [3.05, 3.63) is 0 Å². The normalized spacial score (nSPS) is 13.1. The highest BCUT2D eigenvalue weighted by Crippen LogP contribution is 1.97. The highest BCUT2D eigenvalue weighted by Gasteiger charge is 2.17. The van der Waals surface area contributed by atoms with Gasteiger partial charge >= 0.3 is 0 Å². The Kier molecular flexibility index (Phi) is 8.35. The Hall–Kier alpha value is -1.19. The fourth-order valence-electron chi connectivity index (χ4n) is 1.27. The zero-order valence-corrected chi connectivity index (χ0v) is 12.9. The van der Waals surface area contributed by atoms with E-state index < -0.39 is 27.9 Å². The van der Waals surface area contributed by atoms with Crippen molar-refractivity contribution in [2.45, 2.75) is 26.8 Å². The van der Waals surface area contributed by atoms with Gasteiger partial charge in [-0.15, -0.1) is 0 Å². The summed E-state index contributed by atoms with van der Waals surface area (Å²) in [7, 11) is -3.36. The summed E-state index contributed by atoms with van der Waals surface area (Å²) < 4.78 is 24.9. The van der Waals surface area contributed by atoms with Crippen LogP contribution >= 0.6 is 0 Å². The summed E-state index contributed by atoms with van der Waals surface area (Å²) in [4.78, 5) is 22.9. The molecule has 0 saturated heterocycles. The minimum Gasteiger partial charge on any atom is -0.353 e. The van der Waals surface area contributed by atoms with E-state index in [0.717, 1.165) is 0 Å². The molecule has 0 bridgehead atoms. The molecule has 1 atom stereocenters. The van der Waals surface area contributed by atoms with Crippen LogP contribution in [0.4, 0.5) is 0 Å². The molecule has 9 heteroatoms. The Balaban J connectivity index is 3.94. The van der Waals surface area contributed by atoms with Crippen LogP contribution in [0.5, 0.6) is 0 Å². The molecule has 0 unspecified atom stereocenters. The molecule has 5 N–H and O–H groups in total. The zero-order valence-electron chi connectivity index (χ0n) is 12.1. The fourth-order valence-corrected chi connectivity index (χ4v) is 2.22. The maximum absolute atomic E-state index is 11.5. The molecule has 2 amide bonds. The summed E-state index contributed by atoms with van der Waals surface area (Å²) >= 11 is 0. The summed E-state index contributed by atoms with van der Waals surface area (Å²) in [5.41, 5.74) is 5.61. The van der Waals surface area contributed by atoms with E-state index >= 15 is 0 Å². The lowest BCUT2D eigenvalue weighted by molar-refractivity contribution is -0.127. The quantitative estimate of drug-likeness (QED) is 0.397. The number of rotatable bonds is 9. The van der Waals surface area contributed by atoms with E-state index in [1.165, 1.54) is 0 Å². The lowest BCUT2D eigenvalue weighted by atomic mass is 10.1. The molecule has 0 aromatic carbocycles. The number of sulfonamides is 1. The predicted molar refractivity (Wildman–Crippen MR) is 76.3 cm³/mol. The van der Waals surface area contributed by atoms with Gasteiger partial charge in [0.1, 0.15) is 0 Å². The summed E-state index contributed by atoms with van der Waals surface area (Å²) in [6.07, 6.45) is 0. The van der Waals surface area contributed by atoms with Gasteiger partial charge in [0.15, 0.2) is 0 Å². The maximum Gasteiger partial charge on any atom is 0.239 e. The predicted octanol–water partition coefficient (Wildman–Crippen LogP) is -1.86. The Bertz CT molecular complexity index is 422. The van der Waals surface area contributed by atoms with E-state index in [2.05, 4.69) is 15.4 Å². The van der Waals surface area contributed by atoms with E-state index in [1.807, 2.05) is 0 Å². The minimum atomic E-state index is -3.36. The Morgan fingerprint density at radius 3 is 2.30 bits per heavy atom. The number of hydrogen-bond acceptors (Lipinski definition) is 5. The van der Waals surface area contributed by atoms with Gasteiger partial charge < -0.3 is 16.4 Å². The van der Waals surface area contributed by atoms with Crippen molar-refractivity contribution in [2.75, 3.05) is 25.4 Å². The molecule has 0 aromatic rings. The van der Waals surface area contributed by atoms with E-state index in [-0.39, 0.29) is 24.8 Å². The molecular formula is C11H24N4O4S. The van der Waals surface area contributed by atoms with Gasteiger partial charge in [0.2, 0.25) is 21.8 Å². The lowest BCUT2D eigenvalue weighted by Gasteiger charge is -2.15. The number of carbonyl (C=O) groups excluding carboxylic acids is 2. The van der Waals surface area contributed by atoms with Gasteiger partial charge in [-0.25, -0.2) is 13.1 Å². The van der Waals surface area contributed by atoms with Crippen LogP contribution in [0.2, 0.25) is 0 Å². The highest BCUT2D eigenvalue weighted by molar-refractivity contribution is 7.89. The van der Waals surface area contributed by atoms with E-state index in [9.17, 15) is 18.0 Å². The van der Waals surface area contributed by atoms with Crippen LogP contribution in [0.25, 0.3) is 0 Å². The zero-order chi connectivity index (χ0) is 15.8. The number of nitrogens with two attached hydrogens (primary N) is 1. The van der Waals surface area contributed by atoms with Gasteiger partial charge in [-0.3, -0.25) is 9.59 Å². The van der Waals surface area contributed by atoms with Crippen molar-refractivity contribution >= 4 is 21.8 Å². The largest absolute Gasteiger partial charge is 0.353 e. The number of nitrogens with one attached hydrogen (secondary N) is 3. The molecule has 0 aliphatic rings. The molecule has 0 fully saturated rings. The van der Waals surface area contributed by atoms with Crippen LogP contribution in [-0.4, -0.2) is 51.7 Å². The van der Waals surface area contributed by atoms with Crippen LogP contribution in [0.15, 0.2) is 0 Å². The first-order valence-electron chi connectivity index (χ1n) is 6.47. The number of amides is 2. The fraction of sp³-hybridized carbons (Fsp3) is 0.818. The smallest absolute Gasteiger partial charge is 0.239 e. The van der Waals surface area contributed by atoms with E-state index in [0.29, 0.717) is 6.54 Å². The Morgan fingerprint density at radius 1 is 1.20 bits per heavy atom. The molecular weight excluding hydrogens is 284 g/mol. The molecule has 0 aromatic heterocycles. The molecule has 0 heterocycles. The number of hydrogen-bond donors (Lipinski definition) is 4. The van der Waals surface area contributed by atoms with Crippen LogP contribution < -0.4 is 21.1 Å². The van der Waals surface area contributed by atoms with E-state index in [4.69, 9.17) is 5.73 Å². The molecule has 8 nitrogen and oxygen atoms in total. The van der Waals surface area contributed by atoms with Crippen molar-refractivity contribution in [2.24, 2.45) is 11.7 Å². The molecule has 118 valence electrons. The van der Waals surface area contributed by atoms with Crippen molar-refractivity contribution < 1.29 is 18.0 Å². The van der Waals surface area contributed by atoms with Gasteiger partial charge in [-0.2, -0.15) is 0 Å². The standard InChI is InChI=1S/C11H24N4O4S/c1-4-15-20(18,19)6-5-13-9(16)7-14-11(17)10(12)8(2)3/h8,10,15H,4-7,12H2,1-3H3,(H,13,16)(H,14,17)/t10-/m0/s1. The van der Waals surface area contributed by atoms with Crippen molar-refractivity contribution in [3.8, 4) is 0 Å². The lowest BCUT2D eigenvalue weighted by Crippen LogP contribution is -2.47. The third kappa shape index (κ3) is 8.08. The average molecular weight is 308 g/mol. The molecule has 0 aliphatic heterocycles. The first kappa shape index (κ1) is 18.8. The van der Waals surface area contributed by atoms with Crippen LogP contribution in [0, 0.1) is 5.92 Å². The monoisotopic (exact) mass is 308 g/mol. The van der Waals surface area contributed by atoms with Gasteiger partial charge in [0.05, 0.1) is 18.3 Å². The topological polar surface area (TPSA) is 130 Å². The third-order valence-corrected chi connectivity index (χ3v) is 3.97. The maximum atomic E-state index is 11.5. The summed E-state index contributed by atoms with van der Waals surface area (Å²) in [6, 6.07) is -0.670. The Morgan fingerprint density at radius 2 is 1.80 bits per heavy atom. The third-order valence-electron chi connectivity index (χ3n) is 2.50. The van der Waals surface area contributed by atoms with E-state index in [1.54, 1.807) is 20.8 Å². The first-order valence-corrected chi connectivity index (χ1v) is 8.12. The molecule has 0 radical (unpaired) electrons. The molecule has 20 heavy (non-hydrogen) atoms. The highest BCUT2D eigenvalue weighted by atomic mass is 32.2. The number of carbonyl (C=O) groups is 2. The second-order valence-electron chi connectivity index (χ2n) is 4.65. The SMILES string of the molecule is CCNS(=O)(=O)CCNC(=O)CNC(=O)[C@@H](N)C(C)C. The molecule has 0 saturated carbocycles. The molecule has 0 aliphatic carbocycles. The van der Waals surface area contributed by atoms with Gasteiger partial charge in [0, 0.05) is 13.1 Å². The molecule has 0 spiro atoms. The first-order chi connectivity index (χ1) is 9.19. The van der Waals surface area contributed by atoms with Crippen molar-refractivity contribution in [3.63, 3.8) is 0 Å². The summed E-state index contributed by atoms with van der Waals surface area (Å²) in [5, 5.41) is 4.80. The van der Waals surface area contributed by atoms with Crippen LogP contribution in [0.3, 0.4) is 0 Å². The molecule has 0 rings (SSSR count). The average Bonchev–Trinajstić information content (AvgIpc) is 2.34. The Labute approximate surface area is 119 Å². The minimum absolute atomic E-state index is 0.0136. The van der Waals surface area contributed by atoms with Crippen LogP contribution in [0.1, 0.15) is 20.8 Å². The van der Waals surface area contributed by atoms with Gasteiger partial charge in [0.25, 0.3) is 0 Å². The van der Waals surface area contributed by atoms with Gasteiger partial charge in [-0.1, -0.05) is 20.8 Å². The van der Waals surface area contributed by atoms with Crippen molar-refractivity contribution in [1.29, 1.82) is 0 Å². The van der Waals surface area contributed by atoms with Gasteiger partial charge in [-0.05, 0) is 5.92 Å². The second-order valence-corrected chi connectivity index (χ2v) is 6.58. The summed E-state index contributed by atoms with van der Waals surface area (Å²) in [5.74, 6) is -1.09. The van der Waals surface area contributed by atoms with Crippen LogP contribution in [-0.2, 0) is 19.6 Å². The van der Waals surface area contributed by atoms with Crippen molar-refractivity contribution in [1.82, 2.24) is 15.4 Å². The second kappa shape index (κ2) is 8.88.